The average Bonchev–Trinajstić information content (AvgIpc) is 3.75. The van der Waals surface area contributed by atoms with Crippen molar-refractivity contribution >= 4 is 23.2 Å². The van der Waals surface area contributed by atoms with E-state index >= 15 is 0 Å². The zero-order chi connectivity index (χ0) is 33.5. The zero-order valence-electron chi connectivity index (χ0n) is 26.7. The van der Waals surface area contributed by atoms with Gasteiger partial charge < -0.3 is 25.4 Å². The lowest BCUT2D eigenvalue weighted by Gasteiger charge is -2.27. The summed E-state index contributed by atoms with van der Waals surface area (Å²) in [5.74, 6) is -0.363. The van der Waals surface area contributed by atoms with Crippen LogP contribution in [0.1, 0.15) is 86.4 Å². The third-order valence-electron chi connectivity index (χ3n) is 8.46. The number of halogens is 2. The molecule has 11 heteroatoms. The van der Waals surface area contributed by atoms with Crippen LogP contribution in [0, 0.1) is 6.92 Å². The molecule has 4 aromatic rings. The summed E-state index contributed by atoms with van der Waals surface area (Å²) in [5.41, 5.74) is 2.23. The number of hydrogen-bond acceptors (Lipinski definition) is 7. The van der Waals surface area contributed by atoms with E-state index in [9.17, 15) is 23.5 Å². The maximum Gasteiger partial charge on any atom is 0.263 e. The number of amides is 2. The molecule has 8 nitrogen and oxygen atoms in total. The van der Waals surface area contributed by atoms with Crippen LogP contribution in [0.15, 0.2) is 78.2 Å². The monoisotopic (exact) mass is 662 g/mol. The number of methoxy groups -OCH3 is 1. The van der Waals surface area contributed by atoms with Crippen LogP contribution in [0.3, 0.4) is 0 Å². The van der Waals surface area contributed by atoms with Gasteiger partial charge in [-0.2, -0.15) is 0 Å². The van der Waals surface area contributed by atoms with Gasteiger partial charge in [-0.15, -0.1) is 11.3 Å². The number of carbonyl (C=O) groups is 2. The zero-order valence-corrected chi connectivity index (χ0v) is 27.5. The second kappa shape index (κ2) is 15.6. The molecular formula is C36H40F2N4O4S. The van der Waals surface area contributed by atoms with Gasteiger partial charge in [0.15, 0.2) is 0 Å². The SMILES string of the molecule is COc1cccc([C@H](C)NC[C@@H](O)[C@H](Cc2ccccc2)NC(=O)c2cc(C(=O)N3CCCC3c3nc(C)cs3)cc(C(F)F)c2)c1. The number of aryl methyl sites for hydroxylation is 1. The van der Waals surface area contributed by atoms with Gasteiger partial charge in [0.2, 0.25) is 0 Å². The van der Waals surface area contributed by atoms with Crippen LogP contribution < -0.4 is 15.4 Å². The van der Waals surface area contributed by atoms with Crippen LogP contribution in [0.2, 0.25) is 0 Å². The molecule has 1 fully saturated rings. The Morgan fingerprint density at radius 3 is 2.53 bits per heavy atom. The number of thiazole rings is 1. The number of nitrogens with zero attached hydrogens (tertiary/aromatic N) is 2. The van der Waals surface area contributed by atoms with Crippen molar-refractivity contribution in [2.45, 2.75) is 63.8 Å². The third kappa shape index (κ3) is 8.59. The number of aliphatic hydroxyl groups excluding tert-OH is 1. The molecule has 2 amide bonds. The number of aliphatic hydroxyl groups is 1. The molecule has 4 atom stereocenters. The van der Waals surface area contributed by atoms with Gasteiger partial charge in [-0.3, -0.25) is 9.59 Å². The Balaban J connectivity index is 1.36. The number of likely N-dealkylation sites (tertiary alicyclic amines) is 1. The number of alkyl halides is 2. The highest BCUT2D eigenvalue weighted by molar-refractivity contribution is 7.09. The van der Waals surface area contributed by atoms with Gasteiger partial charge in [0, 0.05) is 46.9 Å². The fourth-order valence-corrected chi connectivity index (χ4v) is 6.80. The van der Waals surface area contributed by atoms with Crippen molar-refractivity contribution < 1.29 is 28.2 Å². The van der Waals surface area contributed by atoms with Gasteiger partial charge in [-0.25, -0.2) is 13.8 Å². The smallest absolute Gasteiger partial charge is 0.263 e. The van der Waals surface area contributed by atoms with Crippen LogP contribution in [0.4, 0.5) is 8.78 Å². The van der Waals surface area contributed by atoms with Crippen molar-refractivity contribution in [2.75, 3.05) is 20.2 Å². The van der Waals surface area contributed by atoms with Crippen LogP contribution >= 0.6 is 11.3 Å². The molecule has 5 rings (SSSR count). The number of rotatable bonds is 13. The molecule has 0 saturated carbocycles. The molecule has 2 heterocycles. The minimum atomic E-state index is -2.89. The summed E-state index contributed by atoms with van der Waals surface area (Å²) in [5, 5.41) is 20.3. The number of carbonyl (C=O) groups excluding carboxylic acids is 2. The third-order valence-corrected chi connectivity index (χ3v) is 9.52. The van der Waals surface area contributed by atoms with Crippen molar-refractivity contribution in [1.82, 2.24) is 20.5 Å². The summed E-state index contributed by atoms with van der Waals surface area (Å²) in [6, 6.07) is 19.5. The summed E-state index contributed by atoms with van der Waals surface area (Å²) < 4.78 is 33.5. The average molecular weight is 663 g/mol. The standard InChI is InChI=1S/C36H40F2N4O4S/c1-22-21-47-35(40-22)31-13-8-14-42(31)36(45)28-17-26(33(37)38)16-27(18-28)34(44)41-30(15-24-9-5-4-6-10-24)32(43)20-39-23(2)25-11-7-12-29(19-25)46-3/h4-7,9-12,16-19,21,23,30-33,39,43H,8,13-15,20H2,1-3H3,(H,41,44)/t23-,30-,31?,32+/m0/s1. The first-order chi connectivity index (χ1) is 22.6. The van der Waals surface area contributed by atoms with Crippen molar-refractivity contribution in [3.8, 4) is 5.75 Å². The Labute approximate surface area is 277 Å². The van der Waals surface area contributed by atoms with Crippen molar-refractivity contribution in [3.63, 3.8) is 0 Å². The molecule has 1 saturated heterocycles. The van der Waals surface area contributed by atoms with E-state index in [0.29, 0.717) is 18.7 Å². The van der Waals surface area contributed by atoms with E-state index in [1.165, 1.54) is 17.4 Å². The highest BCUT2D eigenvalue weighted by atomic mass is 32.1. The summed E-state index contributed by atoms with van der Waals surface area (Å²) in [4.78, 5) is 33.6. The van der Waals surface area contributed by atoms with Crippen LogP contribution in [0.25, 0.3) is 0 Å². The van der Waals surface area contributed by atoms with Crippen molar-refractivity contribution in [3.05, 3.63) is 117 Å². The van der Waals surface area contributed by atoms with E-state index in [2.05, 4.69) is 15.6 Å². The molecule has 1 unspecified atom stereocenters. The van der Waals surface area contributed by atoms with Gasteiger partial charge in [0.1, 0.15) is 10.8 Å². The largest absolute Gasteiger partial charge is 0.497 e. The second-order valence-electron chi connectivity index (χ2n) is 11.9. The number of nitrogens with one attached hydrogen (secondary N) is 2. The molecule has 0 aliphatic carbocycles. The first-order valence-corrected chi connectivity index (χ1v) is 16.6. The van der Waals surface area contributed by atoms with E-state index in [0.717, 1.165) is 46.8 Å². The highest BCUT2D eigenvalue weighted by Crippen LogP contribution is 2.35. The van der Waals surface area contributed by atoms with Crippen molar-refractivity contribution in [2.24, 2.45) is 0 Å². The lowest BCUT2D eigenvalue weighted by molar-refractivity contribution is 0.0734. The fourth-order valence-electron chi connectivity index (χ4n) is 5.86. The highest BCUT2D eigenvalue weighted by Gasteiger charge is 2.33. The van der Waals surface area contributed by atoms with Crippen LogP contribution in [-0.4, -0.2) is 59.1 Å². The van der Waals surface area contributed by atoms with Gasteiger partial charge in [0.05, 0.1) is 25.3 Å². The molecule has 0 bridgehead atoms. The van der Waals surface area contributed by atoms with Crippen LogP contribution in [-0.2, 0) is 6.42 Å². The number of ether oxygens (including phenoxy) is 1. The first-order valence-electron chi connectivity index (χ1n) is 15.7. The van der Waals surface area contributed by atoms with E-state index in [4.69, 9.17) is 4.74 Å². The topological polar surface area (TPSA) is 104 Å². The van der Waals surface area contributed by atoms with Gasteiger partial charge in [-0.05, 0) is 74.6 Å². The summed E-state index contributed by atoms with van der Waals surface area (Å²) in [6.07, 6.45) is -2.13. The molecule has 3 N–H and O–H groups in total. The Morgan fingerprint density at radius 2 is 1.83 bits per heavy atom. The van der Waals surface area contributed by atoms with Crippen molar-refractivity contribution in [1.29, 1.82) is 0 Å². The van der Waals surface area contributed by atoms with E-state index < -0.39 is 35.9 Å². The lowest BCUT2D eigenvalue weighted by atomic mass is 9.99. The molecule has 47 heavy (non-hydrogen) atoms. The molecule has 1 aromatic heterocycles. The Bertz CT molecular complexity index is 1670. The Kier molecular flexibility index (Phi) is 11.3. The van der Waals surface area contributed by atoms with Gasteiger partial charge in [-0.1, -0.05) is 42.5 Å². The van der Waals surface area contributed by atoms with E-state index in [1.807, 2.05) is 73.8 Å². The molecule has 3 aromatic carbocycles. The van der Waals surface area contributed by atoms with Gasteiger partial charge >= 0.3 is 0 Å². The maximum absolute atomic E-state index is 14.1. The Morgan fingerprint density at radius 1 is 1.06 bits per heavy atom. The first kappa shape index (κ1) is 34.2. The van der Waals surface area contributed by atoms with E-state index in [-0.39, 0.29) is 29.8 Å². The molecule has 1 aliphatic rings. The minimum absolute atomic E-state index is 0.0158. The summed E-state index contributed by atoms with van der Waals surface area (Å²) in [6.45, 7) is 4.46. The number of hydrogen-bond donors (Lipinski definition) is 3. The molecule has 248 valence electrons. The summed E-state index contributed by atoms with van der Waals surface area (Å²) in [7, 11) is 1.60. The lowest BCUT2D eigenvalue weighted by Crippen LogP contribution is -2.49. The molecule has 1 aliphatic heterocycles. The molecular weight excluding hydrogens is 622 g/mol. The predicted octanol–water partition coefficient (Wildman–Crippen LogP) is 6.43. The van der Waals surface area contributed by atoms with Crippen LogP contribution in [0.5, 0.6) is 5.75 Å². The maximum atomic E-state index is 14.1. The Hall–Kier alpha value is -4.19. The van der Waals surface area contributed by atoms with Gasteiger partial charge in [0.25, 0.3) is 18.2 Å². The number of aromatic nitrogens is 1. The molecule has 0 radical (unpaired) electrons. The fraction of sp³-hybridized carbons (Fsp3) is 0.361. The predicted molar refractivity (Wildman–Crippen MR) is 178 cm³/mol. The minimum Gasteiger partial charge on any atom is -0.497 e. The molecule has 0 spiro atoms. The van der Waals surface area contributed by atoms with E-state index in [1.54, 1.807) is 12.0 Å². The second-order valence-corrected chi connectivity index (χ2v) is 12.8. The quantitative estimate of drug-likeness (QED) is 0.153. The normalized spacial score (nSPS) is 16.6. The number of benzene rings is 3. The summed E-state index contributed by atoms with van der Waals surface area (Å²) >= 11 is 1.47.